The Bertz CT molecular complexity index is 1480. The summed E-state index contributed by atoms with van der Waals surface area (Å²) in [6, 6.07) is 0.610. The van der Waals surface area contributed by atoms with Gasteiger partial charge in [0, 0.05) is 43.5 Å². The predicted molar refractivity (Wildman–Crippen MR) is 148 cm³/mol. The fourth-order valence-corrected chi connectivity index (χ4v) is 6.11. The minimum atomic E-state index is -1.16. The van der Waals surface area contributed by atoms with Crippen molar-refractivity contribution in [3.63, 3.8) is 0 Å². The van der Waals surface area contributed by atoms with E-state index < -0.39 is 47.2 Å². The Morgan fingerprint density at radius 1 is 1.31 bits per heavy atom. The Morgan fingerprint density at radius 3 is 2.74 bits per heavy atom. The predicted octanol–water partition coefficient (Wildman–Crippen LogP) is 2.27. The molecule has 2 N–H and O–H groups in total. The summed E-state index contributed by atoms with van der Waals surface area (Å²) in [4.78, 5) is 51.0. The number of benzene rings is 1. The topological polar surface area (TPSA) is 134 Å². The number of rotatable bonds is 8. The first-order valence-corrected chi connectivity index (χ1v) is 14.2. The van der Waals surface area contributed by atoms with Gasteiger partial charge in [0.25, 0.3) is 0 Å². The number of hydrogen-bond donors (Lipinski definition) is 2. The van der Waals surface area contributed by atoms with Crippen LogP contribution in [0.4, 0.5) is 8.78 Å². The van der Waals surface area contributed by atoms with Crippen LogP contribution in [-0.2, 0) is 23.9 Å². The van der Waals surface area contributed by atoms with E-state index >= 15 is 0 Å². The van der Waals surface area contributed by atoms with Crippen molar-refractivity contribution in [2.24, 2.45) is 10.4 Å². The number of aromatic nitrogens is 1. The maximum absolute atomic E-state index is 14.7. The van der Waals surface area contributed by atoms with Crippen molar-refractivity contribution in [3.8, 4) is 0 Å². The number of aliphatic carboxylic acids is 1. The molecule has 2 fully saturated rings. The van der Waals surface area contributed by atoms with Crippen molar-refractivity contribution in [3.05, 3.63) is 62.7 Å². The molecule has 0 bridgehead atoms. The van der Waals surface area contributed by atoms with E-state index in [9.17, 15) is 28.3 Å². The maximum Gasteiger partial charge on any atom is 0.338 e. The minimum Gasteiger partial charge on any atom is -0.481 e. The van der Waals surface area contributed by atoms with Crippen molar-refractivity contribution in [1.29, 1.82) is 0 Å². The molecule has 1 aromatic heterocycles. The number of carbonyl (C=O) groups excluding carboxylic acids is 2. The SMILES string of the molecule is COC(=O)C1=C(CN2CCOC3CN(CC(C)(C)C(=O)O)C(=O)C32)NC(c2nccs2)=NC1c1ccc(F)c(F)c1C. The van der Waals surface area contributed by atoms with Crippen LogP contribution in [0.1, 0.15) is 36.0 Å². The molecular weight excluding hydrogens is 572 g/mol. The minimum absolute atomic E-state index is 0.000939. The molecule has 2 saturated heterocycles. The second-order valence-corrected chi connectivity index (χ2v) is 11.9. The Labute approximate surface area is 244 Å². The summed E-state index contributed by atoms with van der Waals surface area (Å²) in [5.74, 6) is -3.75. The number of thiazole rings is 1. The average molecular weight is 604 g/mol. The number of morpholine rings is 1. The van der Waals surface area contributed by atoms with E-state index in [1.54, 1.807) is 25.4 Å². The van der Waals surface area contributed by atoms with Gasteiger partial charge in [-0.1, -0.05) is 6.07 Å². The zero-order chi connectivity index (χ0) is 30.3. The number of hydrogen-bond acceptors (Lipinski definition) is 10. The van der Waals surface area contributed by atoms with Gasteiger partial charge in [0.2, 0.25) is 5.91 Å². The maximum atomic E-state index is 14.7. The molecule has 3 aliphatic heterocycles. The molecule has 42 heavy (non-hydrogen) atoms. The number of amides is 1. The van der Waals surface area contributed by atoms with E-state index in [1.807, 2.05) is 4.90 Å². The molecule has 224 valence electrons. The zero-order valence-corrected chi connectivity index (χ0v) is 24.3. The number of halogens is 2. The van der Waals surface area contributed by atoms with Crippen LogP contribution in [0.15, 0.2) is 40.0 Å². The third-order valence-electron chi connectivity index (χ3n) is 7.79. The van der Waals surface area contributed by atoms with Crippen LogP contribution >= 0.6 is 11.3 Å². The Morgan fingerprint density at radius 2 is 2.07 bits per heavy atom. The third kappa shape index (κ3) is 5.41. The number of nitrogens with one attached hydrogen (secondary N) is 1. The van der Waals surface area contributed by atoms with Crippen LogP contribution in [0.25, 0.3) is 0 Å². The molecule has 0 spiro atoms. The molecule has 2 aromatic rings. The number of carbonyl (C=O) groups is 3. The number of likely N-dealkylation sites (tertiary alicyclic amines) is 1. The van der Waals surface area contributed by atoms with Gasteiger partial charge < -0.3 is 24.8 Å². The van der Waals surface area contributed by atoms with E-state index in [0.29, 0.717) is 29.7 Å². The van der Waals surface area contributed by atoms with Crippen molar-refractivity contribution in [2.45, 2.75) is 39.0 Å². The standard InChI is InChI=1S/C28H31F2N5O6S/c1-14-15(5-6-16(29)20(14)30)21-19(26(37)40-4)17(32-23(33-21)24-31-7-10-42-24)11-34-8-9-41-18-12-35(25(36)22(18)34)13-28(2,3)27(38)39/h5-7,10,18,21-22H,8-9,11-13H2,1-4H3,(H,32,33)(H,38,39). The summed E-state index contributed by atoms with van der Waals surface area (Å²) in [5, 5.41) is 15.1. The number of aliphatic imine (C=N–C) groups is 1. The molecule has 3 aliphatic rings. The van der Waals surface area contributed by atoms with Crippen LogP contribution in [0.5, 0.6) is 0 Å². The Balaban J connectivity index is 1.54. The number of nitrogens with zero attached hydrogens (tertiary/aromatic N) is 4. The van der Waals surface area contributed by atoms with Gasteiger partial charge in [-0.25, -0.2) is 18.6 Å². The first-order chi connectivity index (χ1) is 19.9. The number of methoxy groups -OCH3 is 1. The van der Waals surface area contributed by atoms with Gasteiger partial charge in [0.15, 0.2) is 22.5 Å². The normalized spacial score (nSPS) is 23.0. The molecule has 0 radical (unpaired) electrons. The van der Waals surface area contributed by atoms with Crippen LogP contribution < -0.4 is 5.32 Å². The molecular formula is C28H31F2N5O6S. The van der Waals surface area contributed by atoms with Crippen LogP contribution in [0.2, 0.25) is 0 Å². The average Bonchev–Trinajstić information content (AvgIpc) is 3.60. The smallest absolute Gasteiger partial charge is 0.338 e. The quantitative estimate of drug-likeness (QED) is 0.436. The highest BCUT2D eigenvalue weighted by Crippen LogP contribution is 2.37. The summed E-state index contributed by atoms with van der Waals surface area (Å²) in [6.45, 7) is 5.50. The largest absolute Gasteiger partial charge is 0.481 e. The summed E-state index contributed by atoms with van der Waals surface area (Å²) >= 11 is 1.30. The highest BCUT2D eigenvalue weighted by Gasteiger charge is 2.49. The molecule has 11 nitrogen and oxygen atoms in total. The van der Waals surface area contributed by atoms with Crippen LogP contribution in [-0.4, -0.2) is 95.6 Å². The summed E-state index contributed by atoms with van der Waals surface area (Å²) in [7, 11) is 1.22. The molecule has 4 heterocycles. The Kier molecular flexibility index (Phi) is 8.14. The lowest BCUT2D eigenvalue weighted by Gasteiger charge is -2.37. The third-order valence-corrected chi connectivity index (χ3v) is 8.57. The molecule has 14 heteroatoms. The monoisotopic (exact) mass is 603 g/mol. The number of carboxylic acid groups (broad SMARTS) is 1. The lowest BCUT2D eigenvalue weighted by molar-refractivity contribution is -0.149. The molecule has 0 saturated carbocycles. The first-order valence-electron chi connectivity index (χ1n) is 13.3. The highest BCUT2D eigenvalue weighted by atomic mass is 32.1. The molecule has 3 unspecified atom stereocenters. The fraction of sp³-hybridized carbons (Fsp3) is 0.464. The van der Waals surface area contributed by atoms with Gasteiger partial charge in [0.1, 0.15) is 12.1 Å². The van der Waals surface area contributed by atoms with Crippen molar-refractivity contribution in [1.82, 2.24) is 20.1 Å². The van der Waals surface area contributed by atoms with Gasteiger partial charge in [-0.15, -0.1) is 11.3 Å². The van der Waals surface area contributed by atoms with E-state index in [1.165, 1.54) is 36.3 Å². The molecule has 3 atom stereocenters. The Hall–Kier alpha value is -3.75. The summed E-state index contributed by atoms with van der Waals surface area (Å²) < 4.78 is 39.8. The van der Waals surface area contributed by atoms with E-state index in [0.717, 1.165) is 6.07 Å². The van der Waals surface area contributed by atoms with Gasteiger partial charge >= 0.3 is 11.9 Å². The number of carboxylic acids is 1. The number of amidine groups is 1. The first kappa shape index (κ1) is 29.7. The molecule has 5 rings (SSSR count). The number of fused-ring (bicyclic) bond motifs is 1. The fourth-order valence-electron chi connectivity index (χ4n) is 5.52. The van der Waals surface area contributed by atoms with Crippen molar-refractivity contribution < 1.29 is 37.7 Å². The summed E-state index contributed by atoms with van der Waals surface area (Å²) in [6.07, 6.45) is 1.09. The second kappa shape index (κ2) is 11.5. The molecule has 1 amide bonds. The van der Waals surface area contributed by atoms with Crippen LogP contribution in [0.3, 0.4) is 0 Å². The highest BCUT2D eigenvalue weighted by molar-refractivity contribution is 7.11. The van der Waals surface area contributed by atoms with Crippen molar-refractivity contribution in [2.75, 3.05) is 39.9 Å². The van der Waals surface area contributed by atoms with Gasteiger partial charge in [-0.05, 0) is 38.0 Å². The van der Waals surface area contributed by atoms with Crippen LogP contribution in [0, 0.1) is 24.0 Å². The second-order valence-electron chi connectivity index (χ2n) is 11.0. The lowest BCUT2D eigenvalue weighted by Crippen LogP contribution is -2.54. The van der Waals surface area contributed by atoms with E-state index in [2.05, 4.69) is 10.3 Å². The number of ether oxygens (including phenoxy) is 2. The summed E-state index contributed by atoms with van der Waals surface area (Å²) in [5.41, 5.74) is -0.424. The number of esters is 1. The van der Waals surface area contributed by atoms with Crippen molar-refractivity contribution >= 4 is 35.0 Å². The van der Waals surface area contributed by atoms with E-state index in [-0.39, 0.29) is 42.2 Å². The molecule has 1 aromatic carbocycles. The zero-order valence-electron chi connectivity index (χ0n) is 23.5. The lowest BCUT2D eigenvalue weighted by atomic mass is 9.91. The van der Waals surface area contributed by atoms with Gasteiger partial charge in [0.05, 0.1) is 30.8 Å². The van der Waals surface area contributed by atoms with E-state index in [4.69, 9.17) is 14.5 Å². The van der Waals surface area contributed by atoms with Gasteiger partial charge in [-0.2, -0.15) is 0 Å². The molecule has 0 aliphatic carbocycles. The van der Waals surface area contributed by atoms with Gasteiger partial charge in [-0.3, -0.25) is 19.5 Å².